The lowest BCUT2D eigenvalue weighted by Crippen LogP contribution is -1.91. The molecule has 0 bridgehead atoms. The maximum atomic E-state index is 6.82. The van der Waals surface area contributed by atoms with E-state index in [-0.39, 0.29) is 0 Å². The summed E-state index contributed by atoms with van der Waals surface area (Å²) in [4.78, 5) is 0. The molecule has 12 rings (SSSR count). The first-order valence-electron chi connectivity index (χ1n) is 18.0. The predicted octanol–water partition coefficient (Wildman–Crippen LogP) is 15.6. The predicted molar refractivity (Wildman–Crippen MR) is 231 cm³/mol. The monoisotopic (exact) mass is 708 g/mol. The van der Waals surface area contributed by atoms with Gasteiger partial charge in [-0.05, 0) is 67.0 Å². The van der Waals surface area contributed by atoms with Crippen molar-refractivity contribution in [2.45, 2.75) is 0 Å². The second-order valence-corrected chi connectivity index (χ2v) is 15.9. The van der Waals surface area contributed by atoms with E-state index in [1.807, 2.05) is 22.7 Å². The number of benzene rings is 9. The van der Waals surface area contributed by atoms with Crippen LogP contribution in [0.15, 0.2) is 174 Å². The maximum Gasteiger partial charge on any atom is 0.143 e. The van der Waals surface area contributed by atoms with Crippen molar-refractivity contribution in [2.75, 3.05) is 0 Å². The normalized spacial score (nSPS) is 12.2. The highest BCUT2D eigenvalue weighted by Gasteiger charge is 2.23. The van der Waals surface area contributed by atoms with Crippen LogP contribution in [-0.4, -0.2) is 0 Å². The second-order valence-electron chi connectivity index (χ2n) is 13.9. The number of hydrogen-bond donors (Lipinski definition) is 0. The Morgan fingerprint density at radius 2 is 0.981 bits per heavy atom. The third-order valence-electron chi connectivity index (χ3n) is 11.1. The number of furan rings is 1. The molecule has 0 aliphatic heterocycles. The molecule has 246 valence electrons. The molecule has 0 saturated heterocycles. The van der Waals surface area contributed by atoms with Gasteiger partial charge in [-0.25, -0.2) is 0 Å². The molecule has 0 unspecified atom stereocenters. The van der Waals surface area contributed by atoms with E-state index in [1.54, 1.807) is 0 Å². The second kappa shape index (κ2) is 11.1. The molecule has 0 amide bonds. The van der Waals surface area contributed by atoms with Crippen molar-refractivity contribution in [2.24, 2.45) is 0 Å². The quantitative estimate of drug-likeness (QED) is 0.167. The summed E-state index contributed by atoms with van der Waals surface area (Å²) in [7, 11) is 0. The van der Waals surface area contributed by atoms with Gasteiger partial charge in [-0.15, -0.1) is 22.7 Å². The Morgan fingerprint density at radius 3 is 1.72 bits per heavy atom. The Morgan fingerprint density at radius 1 is 0.396 bits per heavy atom. The fourth-order valence-electron chi connectivity index (χ4n) is 8.79. The van der Waals surface area contributed by atoms with E-state index < -0.39 is 0 Å². The Kier molecular flexibility index (Phi) is 6.15. The first-order valence-corrected chi connectivity index (χ1v) is 19.7. The van der Waals surface area contributed by atoms with Crippen molar-refractivity contribution in [3.05, 3.63) is 169 Å². The summed E-state index contributed by atoms with van der Waals surface area (Å²) in [5, 5.41) is 16.0. The van der Waals surface area contributed by atoms with Gasteiger partial charge in [0, 0.05) is 63.3 Å². The van der Waals surface area contributed by atoms with Crippen LogP contribution in [0.4, 0.5) is 0 Å². The van der Waals surface area contributed by atoms with Gasteiger partial charge < -0.3 is 4.42 Å². The van der Waals surface area contributed by atoms with Crippen molar-refractivity contribution < 1.29 is 4.42 Å². The fraction of sp³-hybridized carbons (Fsp3) is 0. The average Bonchev–Trinajstić information content (AvgIpc) is 3.93. The number of thiophene rings is 2. The van der Waals surface area contributed by atoms with E-state index in [1.165, 1.54) is 90.4 Å². The first kappa shape index (κ1) is 29.3. The molecule has 3 heterocycles. The van der Waals surface area contributed by atoms with Gasteiger partial charge >= 0.3 is 0 Å². The highest BCUT2D eigenvalue weighted by molar-refractivity contribution is 7.28. The molecule has 0 aliphatic rings. The maximum absolute atomic E-state index is 6.82. The summed E-state index contributed by atoms with van der Waals surface area (Å²) in [6.45, 7) is 0. The molecule has 0 fully saturated rings. The Labute approximate surface area is 312 Å². The zero-order valence-corrected chi connectivity index (χ0v) is 30.0. The molecule has 1 nitrogen and oxygen atoms in total. The minimum atomic E-state index is 0.919. The van der Waals surface area contributed by atoms with Crippen molar-refractivity contribution in [1.82, 2.24) is 0 Å². The minimum absolute atomic E-state index is 0.919. The molecule has 0 spiro atoms. The molecule has 3 heteroatoms. The Balaban J connectivity index is 1.16. The summed E-state index contributed by atoms with van der Waals surface area (Å²) in [5.74, 6) is 0. The van der Waals surface area contributed by atoms with Crippen molar-refractivity contribution >= 4 is 107 Å². The van der Waals surface area contributed by atoms with Crippen LogP contribution < -0.4 is 0 Å². The van der Waals surface area contributed by atoms with Gasteiger partial charge in [0.1, 0.15) is 11.2 Å². The van der Waals surface area contributed by atoms with Crippen LogP contribution in [0, 0.1) is 0 Å². The average molecular weight is 709 g/mol. The van der Waals surface area contributed by atoms with Crippen LogP contribution in [-0.2, 0) is 0 Å². The molecule has 12 aromatic rings. The standard InChI is InChI=1S/C50H28OS2/c1-2-12-29(13-3-1)42-28-52-44-25-24-38-37-21-11-23-40(49(37)53-50(38)47(42)44)46-34-18-8-6-16-32(34)45(33-17-7-9-19-35(33)46)39-22-10-20-36-41-26-30-14-4-5-15-31(30)27-43(41)51-48(36)39/h1-28H. The number of hydrogen-bond acceptors (Lipinski definition) is 3. The minimum Gasteiger partial charge on any atom is -0.455 e. The highest BCUT2D eigenvalue weighted by Crippen LogP contribution is 2.51. The molecular weight excluding hydrogens is 681 g/mol. The summed E-state index contributed by atoms with van der Waals surface area (Å²) >= 11 is 3.78. The van der Waals surface area contributed by atoms with Gasteiger partial charge in [-0.3, -0.25) is 0 Å². The summed E-state index contributed by atoms with van der Waals surface area (Å²) < 4.78 is 10.8. The van der Waals surface area contributed by atoms with E-state index in [2.05, 4.69) is 169 Å². The smallest absolute Gasteiger partial charge is 0.143 e. The lowest BCUT2D eigenvalue weighted by molar-refractivity contribution is 0.670. The van der Waals surface area contributed by atoms with E-state index in [0.717, 1.165) is 27.5 Å². The summed E-state index contributed by atoms with van der Waals surface area (Å²) in [6, 6.07) is 59.9. The molecule has 0 N–H and O–H groups in total. The SMILES string of the molecule is c1ccc(-c2csc3ccc4c5cccc(-c6c7ccccc7c(-c7cccc8c7oc7cc9ccccc9cc78)c7ccccc67)c5sc4c23)cc1. The van der Waals surface area contributed by atoms with Gasteiger partial charge in [0.2, 0.25) is 0 Å². The lowest BCUT2D eigenvalue weighted by Gasteiger charge is -2.18. The van der Waals surface area contributed by atoms with E-state index in [4.69, 9.17) is 4.42 Å². The topological polar surface area (TPSA) is 13.1 Å². The zero-order valence-electron chi connectivity index (χ0n) is 28.4. The van der Waals surface area contributed by atoms with Gasteiger partial charge in [0.25, 0.3) is 0 Å². The third-order valence-corrected chi connectivity index (χ3v) is 13.3. The number of para-hydroxylation sites is 1. The van der Waals surface area contributed by atoms with Gasteiger partial charge in [0.15, 0.2) is 0 Å². The van der Waals surface area contributed by atoms with Crippen molar-refractivity contribution in [1.29, 1.82) is 0 Å². The molecule has 0 saturated carbocycles. The van der Waals surface area contributed by atoms with E-state index >= 15 is 0 Å². The van der Waals surface area contributed by atoms with Crippen molar-refractivity contribution in [3.8, 4) is 33.4 Å². The zero-order chi connectivity index (χ0) is 34.6. The highest BCUT2D eigenvalue weighted by atomic mass is 32.1. The van der Waals surface area contributed by atoms with Crippen LogP contribution in [0.1, 0.15) is 0 Å². The summed E-state index contributed by atoms with van der Waals surface area (Å²) in [6.07, 6.45) is 0. The molecule has 53 heavy (non-hydrogen) atoms. The summed E-state index contributed by atoms with van der Waals surface area (Å²) in [5.41, 5.74) is 9.33. The molecule has 3 aromatic heterocycles. The van der Waals surface area contributed by atoms with Gasteiger partial charge in [0.05, 0.1) is 0 Å². The number of fused-ring (bicyclic) bond motifs is 11. The Hall–Kier alpha value is -6.26. The largest absolute Gasteiger partial charge is 0.455 e. The molecule has 0 atom stereocenters. The van der Waals surface area contributed by atoms with Crippen LogP contribution in [0.3, 0.4) is 0 Å². The van der Waals surface area contributed by atoms with E-state index in [9.17, 15) is 0 Å². The molecular formula is C50H28OS2. The third kappa shape index (κ3) is 4.18. The Bertz CT molecular complexity index is 3390. The van der Waals surface area contributed by atoms with Crippen LogP contribution >= 0.6 is 22.7 Å². The first-order chi connectivity index (χ1) is 26.3. The van der Waals surface area contributed by atoms with Gasteiger partial charge in [-0.2, -0.15) is 0 Å². The van der Waals surface area contributed by atoms with Crippen LogP contribution in [0.5, 0.6) is 0 Å². The number of rotatable bonds is 3. The van der Waals surface area contributed by atoms with Crippen molar-refractivity contribution in [3.63, 3.8) is 0 Å². The molecule has 0 radical (unpaired) electrons. The molecule has 0 aliphatic carbocycles. The fourth-order valence-corrected chi connectivity index (χ4v) is 11.2. The van der Waals surface area contributed by atoms with Crippen LogP contribution in [0.2, 0.25) is 0 Å². The van der Waals surface area contributed by atoms with Crippen LogP contribution in [0.25, 0.3) is 118 Å². The lowest BCUT2D eigenvalue weighted by atomic mass is 9.85. The molecule has 9 aromatic carbocycles. The van der Waals surface area contributed by atoms with Gasteiger partial charge in [-0.1, -0.05) is 146 Å². The van der Waals surface area contributed by atoms with E-state index in [0.29, 0.717) is 0 Å².